The smallest absolute Gasteiger partial charge is 0.126 e. The summed E-state index contributed by atoms with van der Waals surface area (Å²) in [7, 11) is 2.06. The number of rotatable bonds is 5. The lowest BCUT2D eigenvalue weighted by Gasteiger charge is -2.27. The van der Waals surface area contributed by atoms with Crippen molar-refractivity contribution in [2.45, 2.75) is 26.3 Å². The van der Waals surface area contributed by atoms with Gasteiger partial charge < -0.3 is 5.73 Å². The highest BCUT2D eigenvalue weighted by atomic mass is 19.1. The molecule has 0 spiro atoms. The van der Waals surface area contributed by atoms with E-state index in [4.69, 9.17) is 5.73 Å². The molecule has 0 amide bonds. The fourth-order valence-electron chi connectivity index (χ4n) is 1.95. The Morgan fingerprint density at radius 2 is 2.12 bits per heavy atom. The van der Waals surface area contributed by atoms with Crippen LogP contribution in [-0.2, 0) is 0 Å². The quantitative estimate of drug-likeness (QED) is 0.832. The molecule has 0 aliphatic heterocycles. The van der Waals surface area contributed by atoms with Gasteiger partial charge in [0.1, 0.15) is 5.82 Å². The molecule has 90 valence electrons. The van der Waals surface area contributed by atoms with Crippen molar-refractivity contribution in [2.24, 2.45) is 5.73 Å². The average Bonchev–Trinajstić information content (AvgIpc) is 2.25. The highest BCUT2D eigenvalue weighted by Gasteiger charge is 2.15. The molecule has 0 aliphatic rings. The Kier molecular flexibility index (Phi) is 4.90. The van der Waals surface area contributed by atoms with Crippen LogP contribution < -0.4 is 5.73 Å². The zero-order valence-electron chi connectivity index (χ0n) is 10.3. The van der Waals surface area contributed by atoms with Gasteiger partial charge in [0.25, 0.3) is 0 Å². The molecule has 0 saturated heterocycles. The number of hydrogen-bond donors (Lipinski definition) is 1. The van der Waals surface area contributed by atoms with Crippen molar-refractivity contribution >= 4 is 0 Å². The molecule has 0 aromatic heterocycles. The first-order valence-corrected chi connectivity index (χ1v) is 5.76. The van der Waals surface area contributed by atoms with Gasteiger partial charge in [-0.15, -0.1) is 0 Å². The Bertz CT molecular complexity index is 339. The van der Waals surface area contributed by atoms with E-state index in [1.165, 1.54) is 6.07 Å². The van der Waals surface area contributed by atoms with Gasteiger partial charge in [-0.1, -0.05) is 19.1 Å². The second-order valence-corrected chi connectivity index (χ2v) is 4.24. The zero-order chi connectivity index (χ0) is 12.1. The number of halogens is 1. The topological polar surface area (TPSA) is 29.3 Å². The molecule has 1 rings (SSSR count). The molecule has 0 aliphatic carbocycles. The van der Waals surface area contributed by atoms with Crippen molar-refractivity contribution in [2.75, 3.05) is 20.1 Å². The molecule has 0 radical (unpaired) electrons. The molecule has 1 atom stereocenters. The van der Waals surface area contributed by atoms with Gasteiger partial charge in [0, 0.05) is 12.6 Å². The maximum atomic E-state index is 13.2. The van der Waals surface area contributed by atoms with E-state index in [1.807, 2.05) is 12.1 Å². The average molecular weight is 224 g/mol. The lowest BCUT2D eigenvalue weighted by Crippen LogP contribution is -2.31. The largest absolute Gasteiger partial charge is 0.329 e. The second-order valence-electron chi connectivity index (χ2n) is 4.24. The third kappa shape index (κ3) is 3.03. The Balaban J connectivity index is 2.90. The van der Waals surface area contributed by atoms with Gasteiger partial charge in [-0.2, -0.15) is 0 Å². The minimum absolute atomic E-state index is 0.155. The standard InChI is InChI=1S/C13H21FN2/c1-4-7-16(3)13(9-15)11-5-6-12(14)10(2)8-11/h5-6,8,13H,4,7,9,15H2,1-3H3. The molecule has 0 heterocycles. The summed E-state index contributed by atoms with van der Waals surface area (Å²) in [5.74, 6) is -0.155. The lowest BCUT2D eigenvalue weighted by molar-refractivity contribution is 0.250. The van der Waals surface area contributed by atoms with Crippen LogP contribution in [0, 0.1) is 12.7 Å². The fourth-order valence-corrected chi connectivity index (χ4v) is 1.95. The van der Waals surface area contributed by atoms with Gasteiger partial charge in [-0.05, 0) is 44.1 Å². The number of nitrogens with zero attached hydrogens (tertiary/aromatic N) is 1. The van der Waals surface area contributed by atoms with Crippen LogP contribution in [0.25, 0.3) is 0 Å². The van der Waals surface area contributed by atoms with Crippen LogP contribution in [0.5, 0.6) is 0 Å². The summed E-state index contributed by atoms with van der Waals surface area (Å²) in [6.45, 7) is 5.48. The van der Waals surface area contributed by atoms with Crippen LogP contribution in [0.2, 0.25) is 0 Å². The molecule has 0 bridgehead atoms. The summed E-state index contributed by atoms with van der Waals surface area (Å²) in [5.41, 5.74) is 7.56. The molecule has 1 unspecified atom stereocenters. The van der Waals surface area contributed by atoms with Gasteiger partial charge >= 0.3 is 0 Å². The SMILES string of the molecule is CCCN(C)C(CN)c1ccc(F)c(C)c1. The van der Waals surface area contributed by atoms with Crippen LogP contribution in [0.4, 0.5) is 4.39 Å². The first-order valence-electron chi connectivity index (χ1n) is 5.76. The van der Waals surface area contributed by atoms with E-state index in [2.05, 4.69) is 18.9 Å². The summed E-state index contributed by atoms with van der Waals surface area (Å²) < 4.78 is 13.2. The summed E-state index contributed by atoms with van der Waals surface area (Å²) >= 11 is 0. The van der Waals surface area contributed by atoms with Gasteiger partial charge in [0.15, 0.2) is 0 Å². The monoisotopic (exact) mass is 224 g/mol. The first-order chi connectivity index (χ1) is 7.60. The summed E-state index contributed by atoms with van der Waals surface area (Å²) in [6, 6.07) is 5.41. The maximum absolute atomic E-state index is 13.2. The molecule has 0 fully saturated rings. The molecule has 2 N–H and O–H groups in total. The van der Waals surface area contributed by atoms with Crippen LogP contribution >= 0.6 is 0 Å². The maximum Gasteiger partial charge on any atom is 0.126 e. The zero-order valence-corrected chi connectivity index (χ0v) is 10.3. The van der Waals surface area contributed by atoms with Crippen LogP contribution in [0.1, 0.15) is 30.5 Å². The van der Waals surface area contributed by atoms with E-state index < -0.39 is 0 Å². The van der Waals surface area contributed by atoms with E-state index in [9.17, 15) is 4.39 Å². The van der Waals surface area contributed by atoms with E-state index in [-0.39, 0.29) is 11.9 Å². The van der Waals surface area contributed by atoms with E-state index in [0.29, 0.717) is 12.1 Å². The molecular formula is C13H21FN2. The van der Waals surface area contributed by atoms with Crippen molar-refractivity contribution in [3.8, 4) is 0 Å². The number of hydrogen-bond acceptors (Lipinski definition) is 2. The van der Waals surface area contributed by atoms with Gasteiger partial charge in [0.05, 0.1) is 0 Å². The highest BCUT2D eigenvalue weighted by Crippen LogP contribution is 2.20. The molecule has 16 heavy (non-hydrogen) atoms. The van der Waals surface area contributed by atoms with Crippen molar-refractivity contribution in [3.05, 3.63) is 35.1 Å². The molecule has 2 nitrogen and oxygen atoms in total. The van der Waals surface area contributed by atoms with Crippen LogP contribution in [0.15, 0.2) is 18.2 Å². The number of aryl methyl sites for hydroxylation is 1. The third-order valence-corrected chi connectivity index (χ3v) is 2.90. The van der Waals surface area contributed by atoms with Gasteiger partial charge in [-0.25, -0.2) is 4.39 Å². The molecule has 3 heteroatoms. The Morgan fingerprint density at radius 1 is 1.44 bits per heavy atom. The molecule has 1 aromatic carbocycles. The Hall–Kier alpha value is -0.930. The van der Waals surface area contributed by atoms with E-state index >= 15 is 0 Å². The second kappa shape index (κ2) is 5.97. The molecule has 1 aromatic rings. The number of nitrogens with two attached hydrogens (primary N) is 1. The van der Waals surface area contributed by atoms with E-state index in [0.717, 1.165) is 18.5 Å². The van der Waals surface area contributed by atoms with Crippen molar-refractivity contribution < 1.29 is 4.39 Å². The predicted octanol–water partition coefficient (Wildman–Crippen LogP) is 2.48. The normalized spacial score (nSPS) is 13.1. The van der Waals surface area contributed by atoms with Gasteiger partial charge in [-0.3, -0.25) is 4.90 Å². The molecule has 0 saturated carbocycles. The minimum Gasteiger partial charge on any atom is -0.329 e. The minimum atomic E-state index is -0.155. The molecular weight excluding hydrogens is 203 g/mol. The van der Waals surface area contributed by atoms with Crippen LogP contribution in [0.3, 0.4) is 0 Å². The summed E-state index contributed by atoms with van der Waals surface area (Å²) in [4.78, 5) is 2.21. The highest BCUT2D eigenvalue weighted by molar-refractivity contribution is 5.26. The number of benzene rings is 1. The summed E-state index contributed by atoms with van der Waals surface area (Å²) in [6.07, 6.45) is 1.09. The third-order valence-electron chi connectivity index (χ3n) is 2.90. The summed E-state index contributed by atoms with van der Waals surface area (Å²) in [5, 5.41) is 0. The lowest BCUT2D eigenvalue weighted by atomic mass is 10.0. The fraction of sp³-hybridized carbons (Fsp3) is 0.538. The predicted molar refractivity (Wildman–Crippen MR) is 65.9 cm³/mol. The Morgan fingerprint density at radius 3 is 2.62 bits per heavy atom. The van der Waals surface area contributed by atoms with Gasteiger partial charge in [0.2, 0.25) is 0 Å². The number of likely N-dealkylation sites (N-methyl/N-ethyl adjacent to an activating group) is 1. The van der Waals surface area contributed by atoms with Crippen molar-refractivity contribution in [3.63, 3.8) is 0 Å². The van der Waals surface area contributed by atoms with Crippen LogP contribution in [-0.4, -0.2) is 25.0 Å². The van der Waals surface area contributed by atoms with E-state index in [1.54, 1.807) is 6.92 Å². The Labute approximate surface area is 97.3 Å². The van der Waals surface area contributed by atoms with Crippen molar-refractivity contribution in [1.82, 2.24) is 4.90 Å². The first kappa shape index (κ1) is 13.1. The van der Waals surface area contributed by atoms with Crippen molar-refractivity contribution in [1.29, 1.82) is 0 Å².